The van der Waals surface area contributed by atoms with Crippen LogP contribution in [0.15, 0.2) is 60.8 Å². The summed E-state index contributed by atoms with van der Waals surface area (Å²) >= 11 is 0. The number of methoxy groups -OCH3 is 1. The molecule has 4 heterocycles. The van der Waals surface area contributed by atoms with Crippen LogP contribution >= 0.6 is 0 Å². The van der Waals surface area contributed by atoms with Gasteiger partial charge in [0.15, 0.2) is 0 Å². The fourth-order valence-electron chi connectivity index (χ4n) is 5.90. The largest absolute Gasteiger partial charge is 0.497 e. The predicted octanol–water partition coefficient (Wildman–Crippen LogP) is 5.17. The number of piperazine rings is 1. The second kappa shape index (κ2) is 11.2. The van der Waals surface area contributed by atoms with Gasteiger partial charge in [-0.25, -0.2) is 9.78 Å². The first-order valence-corrected chi connectivity index (χ1v) is 14.1. The third-order valence-electron chi connectivity index (χ3n) is 7.93. The second-order valence-corrected chi connectivity index (χ2v) is 10.5. The third-order valence-corrected chi connectivity index (χ3v) is 7.93. The molecule has 2 aromatic carbocycles. The number of benzene rings is 2. The standard InChI is InChI=1S/C32H36N4O4/c1-4-39-32(37)29-26-6-5-7-27-31(26)36(30(29)23-8-10-24(38-3)11-9-23)21-25(40-27)13-15-34-16-18-35(19-17-34)28-20-22(2)12-14-33-28/h5-12,14,20,25H,4,13,15-19,21H2,1-3H3. The highest BCUT2D eigenvalue weighted by Crippen LogP contribution is 2.42. The number of esters is 1. The number of aromatic nitrogens is 2. The summed E-state index contributed by atoms with van der Waals surface area (Å²) in [6.45, 7) is 9.81. The van der Waals surface area contributed by atoms with Gasteiger partial charge in [-0.15, -0.1) is 0 Å². The van der Waals surface area contributed by atoms with E-state index in [1.54, 1.807) is 7.11 Å². The lowest BCUT2D eigenvalue weighted by Crippen LogP contribution is -2.47. The maximum Gasteiger partial charge on any atom is 0.340 e. The van der Waals surface area contributed by atoms with Crippen molar-refractivity contribution in [2.45, 2.75) is 32.9 Å². The minimum atomic E-state index is -0.311. The first kappa shape index (κ1) is 26.2. The van der Waals surface area contributed by atoms with Gasteiger partial charge in [0.25, 0.3) is 0 Å². The molecule has 0 N–H and O–H groups in total. The van der Waals surface area contributed by atoms with Gasteiger partial charge in [0.1, 0.15) is 23.4 Å². The first-order chi connectivity index (χ1) is 19.6. The number of ether oxygens (including phenoxy) is 3. The van der Waals surface area contributed by atoms with Gasteiger partial charge in [0.2, 0.25) is 0 Å². The Morgan fingerprint density at radius 3 is 2.60 bits per heavy atom. The van der Waals surface area contributed by atoms with Crippen molar-refractivity contribution in [3.8, 4) is 22.8 Å². The lowest BCUT2D eigenvalue weighted by Gasteiger charge is -2.36. The minimum absolute atomic E-state index is 0.00554. The molecule has 8 nitrogen and oxygen atoms in total. The van der Waals surface area contributed by atoms with E-state index in [2.05, 4.69) is 32.3 Å². The Morgan fingerprint density at radius 1 is 1.07 bits per heavy atom. The molecule has 2 aromatic heterocycles. The zero-order chi connectivity index (χ0) is 27.6. The Balaban J connectivity index is 1.23. The predicted molar refractivity (Wildman–Crippen MR) is 157 cm³/mol. The fourth-order valence-corrected chi connectivity index (χ4v) is 5.90. The number of rotatable bonds is 8. The maximum absolute atomic E-state index is 13.3. The number of aryl methyl sites for hydroxylation is 1. The quantitative estimate of drug-likeness (QED) is 0.286. The van der Waals surface area contributed by atoms with Gasteiger partial charge in [-0.1, -0.05) is 12.1 Å². The van der Waals surface area contributed by atoms with Crippen LogP contribution < -0.4 is 14.4 Å². The molecule has 1 fully saturated rings. The molecule has 6 rings (SSSR count). The molecule has 2 aliphatic heterocycles. The van der Waals surface area contributed by atoms with Gasteiger partial charge < -0.3 is 23.7 Å². The summed E-state index contributed by atoms with van der Waals surface area (Å²) in [5, 5.41) is 0.862. The number of hydrogen-bond donors (Lipinski definition) is 0. The molecule has 0 amide bonds. The second-order valence-electron chi connectivity index (χ2n) is 10.5. The Labute approximate surface area is 235 Å². The van der Waals surface area contributed by atoms with Crippen molar-refractivity contribution < 1.29 is 19.0 Å². The number of carbonyl (C=O) groups excluding carboxylic acids is 1. The van der Waals surface area contributed by atoms with E-state index < -0.39 is 0 Å². The van der Waals surface area contributed by atoms with Crippen LogP contribution in [0.5, 0.6) is 11.5 Å². The summed E-state index contributed by atoms with van der Waals surface area (Å²) in [4.78, 5) is 22.7. The lowest BCUT2D eigenvalue weighted by atomic mass is 10.0. The van der Waals surface area contributed by atoms with E-state index in [1.807, 2.05) is 61.7 Å². The van der Waals surface area contributed by atoms with Gasteiger partial charge >= 0.3 is 5.97 Å². The summed E-state index contributed by atoms with van der Waals surface area (Å²) in [6.07, 6.45) is 2.78. The summed E-state index contributed by atoms with van der Waals surface area (Å²) in [6, 6.07) is 18.0. The van der Waals surface area contributed by atoms with Gasteiger partial charge in [0.05, 0.1) is 37.0 Å². The molecule has 1 saturated heterocycles. The average Bonchev–Trinajstić information content (AvgIpc) is 3.32. The number of para-hydroxylation sites is 1. The van der Waals surface area contributed by atoms with E-state index in [0.717, 1.165) is 78.6 Å². The molecule has 0 radical (unpaired) electrons. The number of nitrogens with zero attached hydrogens (tertiary/aromatic N) is 4. The summed E-state index contributed by atoms with van der Waals surface area (Å²) in [7, 11) is 1.65. The van der Waals surface area contributed by atoms with Crippen molar-refractivity contribution in [1.82, 2.24) is 14.5 Å². The fraction of sp³-hybridized carbons (Fsp3) is 0.375. The SMILES string of the molecule is CCOC(=O)c1c(-c2ccc(OC)cc2)n2c3c(cccc13)OC(CCN1CCN(c3cc(C)ccn3)CC1)C2. The van der Waals surface area contributed by atoms with E-state index in [1.165, 1.54) is 5.56 Å². The maximum atomic E-state index is 13.3. The summed E-state index contributed by atoms with van der Waals surface area (Å²) in [5.74, 6) is 2.34. The van der Waals surface area contributed by atoms with Gasteiger partial charge in [-0.05, 0) is 73.9 Å². The van der Waals surface area contributed by atoms with Crippen molar-refractivity contribution in [2.75, 3.05) is 51.3 Å². The molecule has 0 spiro atoms. The monoisotopic (exact) mass is 540 g/mol. The molecular weight excluding hydrogens is 504 g/mol. The van der Waals surface area contributed by atoms with E-state index in [-0.39, 0.29) is 12.1 Å². The van der Waals surface area contributed by atoms with Crippen LogP contribution in [0.3, 0.4) is 0 Å². The van der Waals surface area contributed by atoms with E-state index >= 15 is 0 Å². The van der Waals surface area contributed by atoms with Crippen molar-refractivity contribution in [3.63, 3.8) is 0 Å². The van der Waals surface area contributed by atoms with Crippen molar-refractivity contribution in [2.24, 2.45) is 0 Å². The average molecular weight is 541 g/mol. The molecule has 208 valence electrons. The summed E-state index contributed by atoms with van der Waals surface area (Å²) in [5.41, 5.74) is 4.60. The van der Waals surface area contributed by atoms with Crippen molar-refractivity contribution >= 4 is 22.7 Å². The molecule has 0 saturated carbocycles. The highest BCUT2D eigenvalue weighted by molar-refractivity contribution is 6.12. The highest BCUT2D eigenvalue weighted by Gasteiger charge is 2.32. The molecule has 1 unspecified atom stereocenters. The Kier molecular flexibility index (Phi) is 7.34. The minimum Gasteiger partial charge on any atom is -0.497 e. The smallest absolute Gasteiger partial charge is 0.340 e. The molecule has 0 aliphatic carbocycles. The third kappa shape index (κ3) is 4.99. The summed E-state index contributed by atoms with van der Waals surface area (Å²) < 4.78 is 19.7. The molecule has 4 aromatic rings. The van der Waals surface area contributed by atoms with Crippen molar-refractivity contribution in [3.05, 3.63) is 71.9 Å². The van der Waals surface area contributed by atoms with E-state index in [0.29, 0.717) is 18.7 Å². The zero-order valence-electron chi connectivity index (χ0n) is 23.4. The molecule has 1 atom stereocenters. The van der Waals surface area contributed by atoms with Crippen LogP contribution in [-0.2, 0) is 11.3 Å². The molecule has 0 bridgehead atoms. The van der Waals surface area contributed by atoms with Crippen molar-refractivity contribution in [1.29, 1.82) is 0 Å². The number of carbonyl (C=O) groups is 1. The first-order valence-electron chi connectivity index (χ1n) is 14.1. The van der Waals surface area contributed by atoms with E-state index in [9.17, 15) is 4.79 Å². The molecule has 2 aliphatic rings. The topological polar surface area (TPSA) is 69.1 Å². The van der Waals surface area contributed by atoms with Crippen LogP contribution in [0.4, 0.5) is 5.82 Å². The normalized spacial score (nSPS) is 17.1. The van der Waals surface area contributed by atoms with Gasteiger partial charge in [-0.3, -0.25) is 4.90 Å². The van der Waals surface area contributed by atoms with Gasteiger partial charge in [-0.2, -0.15) is 0 Å². The van der Waals surface area contributed by atoms with E-state index in [4.69, 9.17) is 14.2 Å². The Hall–Kier alpha value is -4.04. The lowest BCUT2D eigenvalue weighted by molar-refractivity contribution is 0.0529. The Morgan fingerprint density at radius 2 is 1.88 bits per heavy atom. The van der Waals surface area contributed by atoms with Crippen LogP contribution in [0.1, 0.15) is 29.3 Å². The zero-order valence-corrected chi connectivity index (χ0v) is 23.4. The van der Waals surface area contributed by atoms with Crippen LogP contribution in [0.2, 0.25) is 0 Å². The van der Waals surface area contributed by atoms with Crippen LogP contribution in [-0.4, -0.2) is 73.0 Å². The molecule has 40 heavy (non-hydrogen) atoms. The Bertz CT molecular complexity index is 1510. The highest BCUT2D eigenvalue weighted by atomic mass is 16.5. The number of anilines is 1. The molecule has 8 heteroatoms. The van der Waals surface area contributed by atoms with Gasteiger partial charge in [0, 0.05) is 44.3 Å². The molecular formula is C32H36N4O4. The van der Waals surface area contributed by atoms with Crippen LogP contribution in [0.25, 0.3) is 22.2 Å². The van der Waals surface area contributed by atoms with Crippen LogP contribution in [0, 0.1) is 6.92 Å². The number of pyridine rings is 1. The number of hydrogen-bond acceptors (Lipinski definition) is 7.